The summed E-state index contributed by atoms with van der Waals surface area (Å²) in [7, 11) is 0. The number of nitrogens with zero attached hydrogens (tertiary/aromatic N) is 1. The lowest BCUT2D eigenvalue weighted by Crippen LogP contribution is -2.44. The van der Waals surface area contributed by atoms with Crippen molar-refractivity contribution in [3.8, 4) is 0 Å². The lowest BCUT2D eigenvalue weighted by molar-refractivity contribution is -0.143. The van der Waals surface area contributed by atoms with Gasteiger partial charge in [-0.1, -0.05) is 13.8 Å². The Morgan fingerprint density at radius 1 is 1.16 bits per heavy atom. The molecule has 0 radical (unpaired) electrons. The maximum absolute atomic E-state index is 12.1. The van der Waals surface area contributed by atoms with Gasteiger partial charge >= 0.3 is 12.0 Å². The molecule has 19 heavy (non-hydrogen) atoms. The summed E-state index contributed by atoms with van der Waals surface area (Å²) in [4.78, 5) is 25.0. The molecule has 1 heterocycles. The number of urea groups is 1. The Hall–Kier alpha value is -1.26. The highest BCUT2D eigenvalue weighted by molar-refractivity contribution is 5.80. The number of aliphatic carboxylic acids is 1. The molecule has 1 saturated heterocycles. The van der Waals surface area contributed by atoms with Crippen LogP contribution in [-0.2, 0) is 4.79 Å². The molecule has 1 saturated carbocycles. The summed E-state index contributed by atoms with van der Waals surface area (Å²) in [6.45, 7) is 6.27. The molecule has 0 atom stereocenters. The van der Waals surface area contributed by atoms with Gasteiger partial charge in [-0.25, -0.2) is 4.79 Å². The van der Waals surface area contributed by atoms with Crippen molar-refractivity contribution in [2.45, 2.75) is 46.0 Å². The van der Waals surface area contributed by atoms with Gasteiger partial charge in [0.2, 0.25) is 0 Å². The largest absolute Gasteiger partial charge is 0.481 e. The van der Waals surface area contributed by atoms with Crippen molar-refractivity contribution in [1.29, 1.82) is 0 Å². The molecule has 0 bridgehead atoms. The highest BCUT2D eigenvalue weighted by Gasteiger charge is 2.50. The average Bonchev–Trinajstić information content (AvgIpc) is 3.11. The first-order valence-electron chi connectivity index (χ1n) is 7.11. The third-order valence-corrected chi connectivity index (χ3v) is 4.51. The van der Waals surface area contributed by atoms with E-state index in [0.717, 1.165) is 32.4 Å². The zero-order valence-corrected chi connectivity index (χ0v) is 11.9. The van der Waals surface area contributed by atoms with Crippen LogP contribution in [0, 0.1) is 10.8 Å². The molecular weight excluding hydrogens is 244 g/mol. The third kappa shape index (κ3) is 3.39. The number of carbonyl (C=O) groups excluding carboxylic acids is 1. The number of amides is 2. The molecule has 0 unspecified atom stereocenters. The van der Waals surface area contributed by atoms with Crippen molar-refractivity contribution in [1.82, 2.24) is 10.2 Å². The summed E-state index contributed by atoms with van der Waals surface area (Å²) < 4.78 is 0. The molecule has 1 aliphatic carbocycles. The second-order valence-corrected chi connectivity index (χ2v) is 6.75. The lowest BCUT2D eigenvalue weighted by Gasteiger charge is -2.24. The minimum absolute atomic E-state index is 0.106. The normalized spacial score (nSPS) is 24.4. The summed E-state index contributed by atoms with van der Waals surface area (Å²) in [5.41, 5.74) is -0.380. The molecule has 0 aromatic carbocycles. The van der Waals surface area contributed by atoms with Gasteiger partial charge in [0.25, 0.3) is 0 Å². The number of carboxylic acid groups (broad SMARTS) is 1. The Morgan fingerprint density at radius 3 is 2.42 bits per heavy atom. The lowest BCUT2D eigenvalue weighted by atomic mass is 9.85. The molecule has 2 rings (SSSR count). The van der Waals surface area contributed by atoms with Gasteiger partial charge in [0.1, 0.15) is 0 Å². The molecule has 2 amide bonds. The second kappa shape index (κ2) is 5.02. The van der Waals surface area contributed by atoms with E-state index in [2.05, 4.69) is 19.2 Å². The zero-order valence-electron chi connectivity index (χ0n) is 11.9. The molecule has 5 nitrogen and oxygen atoms in total. The van der Waals surface area contributed by atoms with E-state index in [1.807, 2.05) is 4.90 Å². The monoisotopic (exact) mass is 268 g/mol. The van der Waals surface area contributed by atoms with Crippen LogP contribution in [0.2, 0.25) is 0 Å². The van der Waals surface area contributed by atoms with Crippen LogP contribution in [0.4, 0.5) is 4.79 Å². The Bertz CT molecular complexity index is 375. The predicted octanol–water partition coefficient (Wildman–Crippen LogP) is 2.07. The molecular formula is C14H24N2O3. The first-order valence-corrected chi connectivity index (χ1v) is 7.11. The fraction of sp³-hybridized carbons (Fsp3) is 0.857. The van der Waals surface area contributed by atoms with Crippen LogP contribution in [-0.4, -0.2) is 41.6 Å². The van der Waals surface area contributed by atoms with E-state index in [1.165, 1.54) is 0 Å². The number of carbonyl (C=O) groups is 2. The zero-order chi connectivity index (χ0) is 14.1. The number of likely N-dealkylation sites (tertiary alicyclic amines) is 1. The van der Waals surface area contributed by atoms with Crippen molar-refractivity contribution in [3.05, 3.63) is 0 Å². The standard InChI is InChI=1S/C14H24N2O3/c1-13(2)4-3-8-16(9-7-13)12(19)15-10-14(5-6-14)11(17)18/h3-10H2,1-2H3,(H,15,19)(H,17,18). The summed E-state index contributed by atoms with van der Waals surface area (Å²) in [5.74, 6) is -0.787. The first kappa shape index (κ1) is 14.2. The van der Waals surface area contributed by atoms with E-state index in [9.17, 15) is 9.59 Å². The number of nitrogens with one attached hydrogen (secondary N) is 1. The molecule has 2 fully saturated rings. The van der Waals surface area contributed by atoms with Crippen molar-refractivity contribution in [2.24, 2.45) is 10.8 Å². The van der Waals surface area contributed by atoms with E-state index in [0.29, 0.717) is 18.3 Å². The summed E-state index contributed by atoms with van der Waals surface area (Å²) >= 11 is 0. The molecule has 5 heteroatoms. The quantitative estimate of drug-likeness (QED) is 0.823. The Kier molecular flexibility index (Phi) is 3.74. The predicted molar refractivity (Wildman–Crippen MR) is 71.9 cm³/mol. The molecule has 0 spiro atoms. The maximum atomic E-state index is 12.1. The van der Waals surface area contributed by atoms with Gasteiger partial charge in [0.05, 0.1) is 5.41 Å². The van der Waals surface area contributed by atoms with Crippen molar-refractivity contribution < 1.29 is 14.7 Å². The summed E-state index contributed by atoms with van der Waals surface area (Å²) in [5, 5.41) is 11.9. The highest BCUT2D eigenvalue weighted by atomic mass is 16.4. The summed E-state index contributed by atoms with van der Waals surface area (Å²) in [6, 6.07) is -0.106. The Labute approximate surface area is 114 Å². The van der Waals surface area contributed by atoms with E-state index in [-0.39, 0.29) is 12.6 Å². The van der Waals surface area contributed by atoms with Gasteiger partial charge < -0.3 is 15.3 Å². The van der Waals surface area contributed by atoms with Crippen LogP contribution in [0.5, 0.6) is 0 Å². The average molecular weight is 268 g/mol. The smallest absolute Gasteiger partial charge is 0.317 e. The van der Waals surface area contributed by atoms with Gasteiger partial charge in [0.15, 0.2) is 0 Å². The van der Waals surface area contributed by atoms with E-state index >= 15 is 0 Å². The second-order valence-electron chi connectivity index (χ2n) is 6.75. The molecule has 2 aliphatic rings. The topological polar surface area (TPSA) is 69.6 Å². The van der Waals surface area contributed by atoms with Crippen LogP contribution in [0.3, 0.4) is 0 Å². The van der Waals surface area contributed by atoms with E-state index in [4.69, 9.17) is 5.11 Å². The molecule has 1 aliphatic heterocycles. The van der Waals surface area contributed by atoms with Gasteiger partial charge in [-0.2, -0.15) is 0 Å². The minimum atomic E-state index is -0.787. The molecule has 0 aromatic heterocycles. The van der Waals surface area contributed by atoms with Crippen LogP contribution < -0.4 is 5.32 Å². The minimum Gasteiger partial charge on any atom is -0.481 e. The van der Waals surface area contributed by atoms with Crippen molar-refractivity contribution in [2.75, 3.05) is 19.6 Å². The Balaban J connectivity index is 1.82. The Morgan fingerprint density at radius 2 is 1.84 bits per heavy atom. The van der Waals surface area contributed by atoms with Crippen molar-refractivity contribution in [3.63, 3.8) is 0 Å². The van der Waals surface area contributed by atoms with Gasteiger partial charge in [-0.15, -0.1) is 0 Å². The number of carboxylic acids is 1. The molecule has 108 valence electrons. The van der Waals surface area contributed by atoms with E-state index < -0.39 is 11.4 Å². The van der Waals surface area contributed by atoms with Crippen LogP contribution in [0.15, 0.2) is 0 Å². The fourth-order valence-corrected chi connectivity index (χ4v) is 2.60. The number of hydrogen-bond acceptors (Lipinski definition) is 2. The van der Waals surface area contributed by atoms with Gasteiger partial charge in [0, 0.05) is 19.6 Å². The number of hydrogen-bond donors (Lipinski definition) is 2. The van der Waals surface area contributed by atoms with Crippen LogP contribution >= 0.6 is 0 Å². The van der Waals surface area contributed by atoms with Crippen molar-refractivity contribution >= 4 is 12.0 Å². The SMILES string of the molecule is CC1(C)CCCN(C(=O)NCC2(C(=O)O)CC2)CC1. The van der Waals surface area contributed by atoms with Crippen LogP contribution in [0.25, 0.3) is 0 Å². The van der Waals surface area contributed by atoms with Gasteiger partial charge in [-0.05, 0) is 37.5 Å². The van der Waals surface area contributed by atoms with Gasteiger partial charge in [-0.3, -0.25) is 4.79 Å². The third-order valence-electron chi connectivity index (χ3n) is 4.51. The maximum Gasteiger partial charge on any atom is 0.317 e. The fourth-order valence-electron chi connectivity index (χ4n) is 2.60. The van der Waals surface area contributed by atoms with E-state index in [1.54, 1.807) is 0 Å². The molecule has 0 aromatic rings. The highest BCUT2D eigenvalue weighted by Crippen LogP contribution is 2.45. The number of rotatable bonds is 3. The summed E-state index contributed by atoms with van der Waals surface area (Å²) in [6.07, 6.45) is 4.51. The van der Waals surface area contributed by atoms with Crippen LogP contribution in [0.1, 0.15) is 46.0 Å². The molecule has 2 N–H and O–H groups in total. The first-order chi connectivity index (χ1) is 8.85.